The average Bonchev–Trinajstić information content (AvgIpc) is 2.40. The van der Waals surface area contributed by atoms with Gasteiger partial charge in [-0.15, -0.1) is 0 Å². The molecule has 1 amide bonds. The van der Waals surface area contributed by atoms with Gasteiger partial charge in [-0.3, -0.25) is 4.79 Å². The predicted octanol–water partition coefficient (Wildman–Crippen LogP) is 2.14. The number of carbonyl (C=O) groups is 2. The van der Waals surface area contributed by atoms with Crippen LogP contribution < -0.4 is 0 Å². The maximum atomic E-state index is 12.4. The number of aromatic nitrogens is 1. The Kier molecular flexibility index (Phi) is 4.70. The third kappa shape index (κ3) is 3.21. The van der Waals surface area contributed by atoms with E-state index in [1.54, 1.807) is 6.07 Å². The molecule has 1 atom stereocenters. The molecular weight excluding hydrogens is 356 g/mol. The van der Waals surface area contributed by atoms with Crippen molar-refractivity contribution >= 4 is 51.2 Å². The van der Waals surface area contributed by atoms with Crippen LogP contribution in [-0.4, -0.2) is 51.0 Å². The van der Waals surface area contributed by atoms with E-state index >= 15 is 0 Å². The minimum atomic E-state index is -1.00. The van der Waals surface area contributed by atoms with E-state index in [9.17, 15) is 9.59 Å². The molecule has 1 aliphatic rings. The molecule has 0 bridgehead atoms. The van der Waals surface area contributed by atoms with Crippen LogP contribution in [0.1, 0.15) is 10.4 Å². The Balaban J connectivity index is 2.31. The van der Waals surface area contributed by atoms with Crippen molar-refractivity contribution in [1.82, 2.24) is 9.88 Å². The second-order valence-corrected chi connectivity index (χ2v) is 6.34. The van der Waals surface area contributed by atoms with Crippen LogP contribution in [0.5, 0.6) is 0 Å². The van der Waals surface area contributed by atoms with E-state index in [2.05, 4.69) is 20.9 Å². The number of hydrogen-bond acceptors (Lipinski definition) is 4. The van der Waals surface area contributed by atoms with Gasteiger partial charge < -0.3 is 10.0 Å². The number of aliphatic carboxylic acids is 1. The molecular formula is C11H10BrClN2O3S. The van der Waals surface area contributed by atoms with Gasteiger partial charge in [0.05, 0.1) is 5.56 Å². The smallest absolute Gasteiger partial charge is 0.327 e. The lowest BCUT2D eigenvalue weighted by molar-refractivity contribution is -0.141. The highest BCUT2D eigenvalue weighted by atomic mass is 79.9. The Morgan fingerprint density at radius 2 is 2.32 bits per heavy atom. The van der Waals surface area contributed by atoms with Crippen molar-refractivity contribution in [3.05, 3.63) is 27.5 Å². The summed E-state index contributed by atoms with van der Waals surface area (Å²) in [5.41, 5.74) is 0.217. The van der Waals surface area contributed by atoms with Gasteiger partial charge in [0, 0.05) is 28.7 Å². The second kappa shape index (κ2) is 6.11. The quantitative estimate of drug-likeness (QED) is 0.813. The molecule has 102 valence electrons. The number of nitrogens with zero attached hydrogens (tertiary/aromatic N) is 2. The highest BCUT2D eigenvalue weighted by molar-refractivity contribution is 9.10. The van der Waals surface area contributed by atoms with Gasteiger partial charge in [0.2, 0.25) is 0 Å². The van der Waals surface area contributed by atoms with Crippen molar-refractivity contribution in [3.63, 3.8) is 0 Å². The summed E-state index contributed by atoms with van der Waals surface area (Å²) < 4.78 is 0.624. The Morgan fingerprint density at radius 1 is 1.58 bits per heavy atom. The Hall–Kier alpha value is -0.790. The van der Waals surface area contributed by atoms with Crippen LogP contribution in [0.25, 0.3) is 0 Å². The first-order valence-corrected chi connectivity index (χ1v) is 7.76. The fraction of sp³-hybridized carbons (Fsp3) is 0.364. The van der Waals surface area contributed by atoms with Gasteiger partial charge in [-0.25, -0.2) is 9.78 Å². The van der Waals surface area contributed by atoms with Gasteiger partial charge >= 0.3 is 5.97 Å². The summed E-state index contributed by atoms with van der Waals surface area (Å²) in [5, 5.41) is 9.24. The molecule has 2 rings (SSSR count). The first-order chi connectivity index (χ1) is 9.00. The van der Waals surface area contributed by atoms with Gasteiger partial charge in [-0.05, 0) is 22.0 Å². The summed E-state index contributed by atoms with van der Waals surface area (Å²) in [5.74, 6) is -0.291. The number of carboxylic acids is 1. The molecule has 1 saturated heterocycles. The van der Waals surface area contributed by atoms with Crippen molar-refractivity contribution < 1.29 is 14.7 Å². The van der Waals surface area contributed by atoms with E-state index in [1.165, 1.54) is 22.9 Å². The summed E-state index contributed by atoms with van der Waals surface area (Å²) in [6.45, 7) is 0.392. The summed E-state index contributed by atoms with van der Waals surface area (Å²) in [7, 11) is 0. The van der Waals surface area contributed by atoms with Crippen LogP contribution in [0.4, 0.5) is 0 Å². The lowest BCUT2D eigenvalue weighted by Gasteiger charge is -2.32. The number of rotatable bonds is 2. The summed E-state index contributed by atoms with van der Waals surface area (Å²) in [6.07, 6.45) is 1.49. The maximum absolute atomic E-state index is 12.4. The van der Waals surface area contributed by atoms with Gasteiger partial charge in [0.25, 0.3) is 5.91 Å². The number of carboxylic acid groups (broad SMARTS) is 1. The van der Waals surface area contributed by atoms with Gasteiger partial charge in [-0.1, -0.05) is 11.6 Å². The van der Waals surface area contributed by atoms with Crippen molar-refractivity contribution in [2.75, 3.05) is 18.1 Å². The molecule has 1 aliphatic heterocycles. The molecule has 1 unspecified atom stereocenters. The van der Waals surface area contributed by atoms with Crippen LogP contribution in [0.2, 0.25) is 5.15 Å². The van der Waals surface area contributed by atoms with E-state index in [-0.39, 0.29) is 10.7 Å². The number of hydrogen-bond donors (Lipinski definition) is 1. The van der Waals surface area contributed by atoms with Gasteiger partial charge in [0.15, 0.2) is 0 Å². The number of carbonyl (C=O) groups excluding carboxylic acids is 1. The van der Waals surface area contributed by atoms with Gasteiger partial charge in [0.1, 0.15) is 11.2 Å². The van der Waals surface area contributed by atoms with E-state index in [4.69, 9.17) is 16.7 Å². The molecule has 8 heteroatoms. The summed E-state index contributed by atoms with van der Waals surface area (Å²) in [6, 6.07) is 0.736. The zero-order chi connectivity index (χ0) is 14.0. The molecule has 5 nitrogen and oxygen atoms in total. The summed E-state index contributed by atoms with van der Waals surface area (Å²) >= 11 is 10.6. The number of pyridine rings is 1. The lowest BCUT2D eigenvalue weighted by atomic mass is 10.2. The minimum absolute atomic E-state index is 0.0792. The van der Waals surface area contributed by atoms with Crippen LogP contribution in [-0.2, 0) is 4.79 Å². The Bertz CT molecular complexity index is 529. The predicted molar refractivity (Wildman–Crippen MR) is 76.7 cm³/mol. The van der Waals surface area contributed by atoms with Crippen molar-refractivity contribution in [1.29, 1.82) is 0 Å². The van der Waals surface area contributed by atoms with Crippen LogP contribution in [0.15, 0.2) is 16.7 Å². The molecule has 1 aromatic rings. The second-order valence-electron chi connectivity index (χ2n) is 3.92. The van der Waals surface area contributed by atoms with Crippen molar-refractivity contribution in [2.45, 2.75) is 6.04 Å². The van der Waals surface area contributed by atoms with Crippen LogP contribution in [0, 0.1) is 0 Å². The highest BCUT2D eigenvalue weighted by Gasteiger charge is 2.33. The van der Waals surface area contributed by atoms with E-state index in [1.807, 2.05) is 0 Å². The van der Waals surface area contributed by atoms with Crippen molar-refractivity contribution in [3.8, 4) is 0 Å². The van der Waals surface area contributed by atoms with Crippen LogP contribution >= 0.6 is 39.3 Å². The molecule has 19 heavy (non-hydrogen) atoms. The fourth-order valence-electron chi connectivity index (χ4n) is 1.78. The monoisotopic (exact) mass is 364 g/mol. The largest absolute Gasteiger partial charge is 0.480 e. The van der Waals surface area contributed by atoms with Gasteiger partial charge in [-0.2, -0.15) is 11.8 Å². The first kappa shape index (κ1) is 14.6. The maximum Gasteiger partial charge on any atom is 0.327 e. The molecule has 0 aromatic carbocycles. The van der Waals surface area contributed by atoms with E-state index in [0.29, 0.717) is 22.5 Å². The van der Waals surface area contributed by atoms with E-state index < -0.39 is 17.9 Å². The number of thioether (sulfide) groups is 1. The normalized spacial score (nSPS) is 19.3. The summed E-state index contributed by atoms with van der Waals surface area (Å²) in [4.78, 5) is 28.8. The minimum Gasteiger partial charge on any atom is -0.480 e. The highest BCUT2D eigenvalue weighted by Crippen LogP contribution is 2.24. The molecule has 1 fully saturated rings. The zero-order valence-electron chi connectivity index (χ0n) is 9.68. The molecule has 0 radical (unpaired) electrons. The van der Waals surface area contributed by atoms with E-state index in [0.717, 1.165) is 0 Å². The topological polar surface area (TPSA) is 70.5 Å². The Morgan fingerprint density at radius 3 is 3.00 bits per heavy atom. The standard InChI is InChI=1S/C11H10BrClN2O3S/c12-6-3-7(9(13)14-4-6)10(16)15-1-2-19-5-8(15)11(17)18/h3-4,8H,1-2,5H2,(H,17,18). The molecule has 0 spiro atoms. The fourth-order valence-corrected chi connectivity index (χ4v) is 3.33. The number of amides is 1. The average molecular weight is 366 g/mol. The molecule has 0 aliphatic carbocycles. The number of halogens is 2. The SMILES string of the molecule is O=C(O)C1CSCCN1C(=O)c1cc(Br)cnc1Cl. The molecule has 0 saturated carbocycles. The van der Waals surface area contributed by atoms with Crippen LogP contribution in [0.3, 0.4) is 0 Å². The molecule has 2 heterocycles. The third-order valence-corrected chi connectivity index (χ3v) is 4.47. The molecule has 1 N–H and O–H groups in total. The van der Waals surface area contributed by atoms with Crippen molar-refractivity contribution in [2.24, 2.45) is 0 Å². The zero-order valence-corrected chi connectivity index (χ0v) is 12.8. The lowest BCUT2D eigenvalue weighted by Crippen LogP contribution is -2.50. The first-order valence-electron chi connectivity index (χ1n) is 5.43. The molecule has 1 aromatic heterocycles. The Labute approximate surface area is 127 Å². The third-order valence-electron chi connectivity index (χ3n) is 2.71.